The van der Waals surface area contributed by atoms with Crippen molar-refractivity contribution in [1.82, 2.24) is 4.98 Å². The highest BCUT2D eigenvalue weighted by Gasteiger charge is 2.05. The fourth-order valence-corrected chi connectivity index (χ4v) is 2.58. The molecule has 23 heavy (non-hydrogen) atoms. The number of amides is 1. The van der Waals surface area contributed by atoms with E-state index in [-0.39, 0.29) is 12.5 Å². The molecule has 116 valence electrons. The molecule has 6 heteroatoms. The quantitative estimate of drug-likeness (QED) is 0.753. The zero-order valence-electron chi connectivity index (χ0n) is 12.2. The average molecular weight is 325 g/mol. The van der Waals surface area contributed by atoms with Crippen molar-refractivity contribution in [2.75, 3.05) is 17.7 Å². The van der Waals surface area contributed by atoms with Crippen LogP contribution in [0.1, 0.15) is 0 Å². The van der Waals surface area contributed by atoms with E-state index in [0.717, 1.165) is 16.9 Å². The van der Waals surface area contributed by atoms with Crippen LogP contribution in [-0.2, 0) is 4.79 Å². The lowest BCUT2D eigenvalue weighted by molar-refractivity contribution is -0.118. The summed E-state index contributed by atoms with van der Waals surface area (Å²) in [6.45, 7) is -0.0438. The van der Waals surface area contributed by atoms with Crippen LogP contribution < -0.4 is 15.8 Å². The minimum Gasteiger partial charge on any atom is -0.484 e. The Morgan fingerprint density at radius 3 is 2.52 bits per heavy atom. The molecular weight excluding hydrogens is 310 g/mol. The number of aromatic nitrogens is 1. The van der Waals surface area contributed by atoms with Gasteiger partial charge in [0, 0.05) is 16.6 Å². The van der Waals surface area contributed by atoms with Gasteiger partial charge in [0.2, 0.25) is 0 Å². The molecule has 0 saturated carbocycles. The first kappa shape index (κ1) is 15.1. The molecule has 0 fully saturated rings. The standard InChI is InChI=1S/C17H15N3O2S/c18-17-20-15(11-23-17)12-6-8-14(9-7-12)22-10-16(21)19-13-4-2-1-3-5-13/h1-9,11H,10H2,(H2,18,20)(H,19,21). The molecule has 3 rings (SSSR count). The molecule has 3 aromatic rings. The number of para-hydroxylation sites is 1. The van der Waals surface area contributed by atoms with Crippen molar-refractivity contribution in [1.29, 1.82) is 0 Å². The Morgan fingerprint density at radius 2 is 1.87 bits per heavy atom. The van der Waals surface area contributed by atoms with E-state index in [0.29, 0.717) is 10.9 Å². The van der Waals surface area contributed by atoms with E-state index in [1.807, 2.05) is 47.8 Å². The summed E-state index contributed by atoms with van der Waals surface area (Å²) in [6.07, 6.45) is 0. The molecule has 0 bridgehead atoms. The van der Waals surface area contributed by atoms with Crippen LogP contribution in [0.15, 0.2) is 60.0 Å². The molecule has 1 amide bonds. The van der Waals surface area contributed by atoms with Crippen LogP contribution in [0.2, 0.25) is 0 Å². The Bertz CT molecular complexity index is 785. The minimum atomic E-state index is -0.201. The first-order valence-electron chi connectivity index (χ1n) is 7.00. The van der Waals surface area contributed by atoms with Crippen LogP contribution in [0.25, 0.3) is 11.3 Å². The number of nitrogens with zero attached hydrogens (tertiary/aromatic N) is 1. The Hall–Kier alpha value is -2.86. The third-order valence-corrected chi connectivity index (χ3v) is 3.77. The van der Waals surface area contributed by atoms with Gasteiger partial charge in [0.25, 0.3) is 5.91 Å². The topological polar surface area (TPSA) is 77.2 Å². The van der Waals surface area contributed by atoms with Crippen molar-refractivity contribution in [3.05, 3.63) is 60.0 Å². The summed E-state index contributed by atoms with van der Waals surface area (Å²) in [5, 5.41) is 5.21. The number of carbonyl (C=O) groups is 1. The van der Waals surface area contributed by atoms with E-state index in [4.69, 9.17) is 10.5 Å². The summed E-state index contributed by atoms with van der Waals surface area (Å²) in [4.78, 5) is 16.0. The van der Waals surface area contributed by atoms with Crippen LogP contribution in [0.5, 0.6) is 5.75 Å². The number of anilines is 2. The molecule has 0 aliphatic carbocycles. The number of nitrogens with one attached hydrogen (secondary N) is 1. The third-order valence-electron chi connectivity index (χ3n) is 3.10. The SMILES string of the molecule is Nc1nc(-c2ccc(OCC(=O)Nc3ccccc3)cc2)cs1. The second-order valence-electron chi connectivity index (χ2n) is 4.80. The summed E-state index contributed by atoms with van der Waals surface area (Å²) in [7, 11) is 0. The molecule has 1 aromatic heterocycles. The van der Waals surface area contributed by atoms with Crippen molar-refractivity contribution in [3.63, 3.8) is 0 Å². The number of nitrogens with two attached hydrogens (primary N) is 1. The zero-order chi connectivity index (χ0) is 16.1. The fraction of sp³-hybridized carbons (Fsp3) is 0.0588. The lowest BCUT2D eigenvalue weighted by Gasteiger charge is -2.08. The number of rotatable bonds is 5. The summed E-state index contributed by atoms with van der Waals surface area (Å²) in [5.41, 5.74) is 8.17. The number of thiazole rings is 1. The van der Waals surface area contributed by atoms with Crippen molar-refractivity contribution in [2.45, 2.75) is 0 Å². The van der Waals surface area contributed by atoms with Crippen molar-refractivity contribution in [2.24, 2.45) is 0 Å². The number of hydrogen-bond donors (Lipinski definition) is 2. The first-order chi connectivity index (χ1) is 11.2. The molecule has 0 aliphatic heterocycles. The Morgan fingerprint density at radius 1 is 1.13 bits per heavy atom. The number of benzene rings is 2. The zero-order valence-corrected chi connectivity index (χ0v) is 13.0. The monoisotopic (exact) mass is 325 g/mol. The van der Waals surface area contributed by atoms with E-state index in [1.54, 1.807) is 12.1 Å². The minimum absolute atomic E-state index is 0.0438. The molecule has 0 aliphatic rings. The summed E-state index contributed by atoms with van der Waals surface area (Å²) in [6, 6.07) is 16.7. The van der Waals surface area contributed by atoms with Gasteiger partial charge in [-0.2, -0.15) is 0 Å². The molecular formula is C17H15N3O2S. The maximum absolute atomic E-state index is 11.8. The second kappa shape index (κ2) is 6.93. The molecule has 5 nitrogen and oxygen atoms in total. The number of carbonyl (C=O) groups excluding carboxylic acids is 1. The van der Waals surface area contributed by atoms with Gasteiger partial charge in [0.15, 0.2) is 11.7 Å². The maximum atomic E-state index is 11.8. The number of nitrogen functional groups attached to an aromatic ring is 1. The van der Waals surface area contributed by atoms with Gasteiger partial charge in [-0.05, 0) is 36.4 Å². The summed E-state index contributed by atoms with van der Waals surface area (Å²) in [5.74, 6) is 0.424. The van der Waals surface area contributed by atoms with Gasteiger partial charge in [-0.3, -0.25) is 4.79 Å². The third kappa shape index (κ3) is 4.08. The number of ether oxygens (including phenoxy) is 1. The van der Waals surface area contributed by atoms with Crippen molar-refractivity contribution >= 4 is 28.1 Å². The van der Waals surface area contributed by atoms with Crippen LogP contribution in [0, 0.1) is 0 Å². The lowest BCUT2D eigenvalue weighted by Crippen LogP contribution is -2.20. The van der Waals surface area contributed by atoms with Gasteiger partial charge in [-0.15, -0.1) is 11.3 Å². The van der Waals surface area contributed by atoms with Crippen LogP contribution in [0.3, 0.4) is 0 Å². The normalized spacial score (nSPS) is 10.3. The van der Waals surface area contributed by atoms with Crippen molar-refractivity contribution < 1.29 is 9.53 Å². The number of hydrogen-bond acceptors (Lipinski definition) is 5. The molecule has 0 unspecified atom stereocenters. The molecule has 3 N–H and O–H groups in total. The highest BCUT2D eigenvalue weighted by atomic mass is 32.1. The van der Waals surface area contributed by atoms with Gasteiger partial charge in [0.1, 0.15) is 5.75 Å². The van der Waals surface area contributed by atoms with E-state index in [9.17, 15) is 4.79 Å². The fourth-order valence-electron chi connectivity index (χ4n) is 2.01. The van der Waals surface area contributed by atoms with Crippen LogP contribution in [0.4, 0.5) is 10.8 Å². The predicted octanol–water partition coefficient (Wildman–Crippen LogP) is 3.41. The van der Waals surface area contributed by atoms with E-state index >= 15 is 0 Å². The van der Waals surface area contributed by atoms with Gasteiger partial charge < -0.3 is 15.8 Å². The molecule has 0 spiro atoms. The largest absolute Gasteiger partial charge is 0.484 e. The first-order valence-corrected chi connectivity index (χ1v) is 7.88. The van der Waals surface area contributed by atoms with Crippen LogP contribution >= 0.6 is 11.3 Å². The maximum Gasteiger partial charge on any atom is 0.262 e. The molecule has 0 atom stereocenters. The molecule has 1 heterocycles. The van der Waals surface area contributed by atoms with Crippen LogP contribution in [-0.4, -0.2) is 17.5 Å². The van der Waals surface area contributed by atoms with Gasteiger partial charge in [-0.25, -0.2) is 4.98 Å². The van der Waals surface area contributed by atoms with E-state index < -0.39 is 0 Å². The Kier molecular flexibility index (Phi) is 4.54. The van der Waals surface area contributed by atoms with Gasteiger partial charge >= 0.3 is 0 Å². The molecule has 0 radical (unpaired) electrons. The molecule has 2 aromatic carbocycles. The second-order valence-corrected chi connectivity index (χ2v) is 5.69. The highest BCUT2D eigenvalue weighted by Crippen LogP contribution is 2.25. The van der Waals surface area contributed by atoms with E-state index in [2.05, 4.69) is 10.3 Å². The molecule has 0 saturated heterocycles. The Labute approximate surface area is 137 Å². The van der Waals surface area contributed by atoms with Gasteiger partial charge in [0.05, 0.1) is 5.69 Å². The smallest absolute Gasteiger partial charge is 0.262 e. The summed E-state index contributed by atoms with van der Waals surface area (Å²) < 4.78 is 5.48. The van der Waals surface area contributed by atoms with Gasteiger partial charge in [-0.1, -0.05) is 18.2 Å². The Balaban J connectivity index is 1.55. The predicted molar refractivity (Wildman–Crippen MR) is 92.5 cm³/mol. The lowest BCUT2D eigenvalue weighted by atomic mass is 10.2. The van der Waals surface area contributed by atoms with E-state index in [1.165, 1.54) is 11.3 Å². The van der Waals surface area contributed by atoms with Crippen molar-refractivity contribution in [3.8, 4) is 17.0 Å². The summed E-state index contributed by atoms with van der Waals surface area (Å²) >= 11 is 1.40. The average Bonchev–Trinajstić information content (AvgIpc) is 3.01. The highest BCUT2D eigenvalue weighted by molar-refractivity contribution is 7.13.